The fraction of sp³-hybridized carbons (Fsp3) is 0.647. The molecule has 1 aliphatic rings. The van der Waals surface area contributed by atoms with Crippen LogP contribution in [0.2, 0.25) is 0 Å². The molecule has 2 rings (SSSR count). The van der Waals surface area contributed by atoms with Gasteiger partial charge in [0.25, 0.3) is 0 Å². The predicted molar refractivity (Wildman–Crippen MR) is 93.0 cm³/mol. The summed E-state index contributed by atoms with van der Waals surface area (Å²) in [6.07, 6.45) is 5.98. The summed E-state index contributed by atoms with van der Waals surface area (Å²) >= 11 is 3.50. The topological polar surface area (TPSA) is 41.3 Å². The van der Waals surface area contributed by atoms with Crippen LogP contribution in [0.4, 0.5) is 0 Å². The number of likely N-dealkylation sites (N-methyl/N-ethyl adjacent to an activating group) is 1. The minimum absolute atomic E-state index is 0.161. The normalized spacial score (nSPS) is 27.8. The highest BCUT2D eigenvalue weighted by Gasteiger charge is 2.42. The van der Waals surface area contributed by atoms with E-state index in [9.17, 15) is 0 Å². The minimum atomic E-state index is 0.161. The van der Waals surface area contributed by atoms with E-state index >= 15 is 0 Å². The van der Waals surface area contributed by atoms with Gasteiger partial charge in [-0.3, -0.25) is 11.3 Å². The molecule has 1 atom stereocenters. The molecular formula is C17H28BrN3. The third kappa shape index (κ3) is 3.86. The Balaban J connectivity index is 2.18. The molecule has 3 N–H and O–H groups in total. The van der Waals surface area contributed by atoms with Gasteiger partial charge in [0, 0.05) is 16.1 Å². The largest absolute Gasteiger partial charge is 0.302 e. The van der Waals surface area contributed by atoms with Crippen LogP contribution in [0.1, 0.15) is 38.2 Å². The van der Waals surface area contributed by atoms with Crippen molar-refractivity contribution in [2.24, 2.45) is 11.8 Å². The monoisotopic (exact) mass is 353 g/mol. The zero-order chi connectivity index (χ0) is 15.5. The summed E-state index contributed by atoms with van der Waals surface area (Å²) in [7, 11) is 4.39. The van der Waals surface area contributed by atoms with Gasteiger partial charge in [0.05, 0.1) is 0 Å². The van der Waals surface area contributed by atoms with Gasteiger partial charge < -0.3 is 4.90 Å². The van der Waals surface area contributed by atoms with Gasteiger partial charge in [0.15, 0.2) is 0 Å². The first-order valence-electron chi connectivity index (χ1n) is 7.86. The van der Waals surface area contributed by atoms with Gasteiger partial charge in [-0.1, -0.05) is 35.0 Å². The van der Waals surface area contributed by atoms with Crippen LogP contribution >= 0.6 is 15.9 Å². The van der Waals surface area contributed by atoms with Gasteiger partial charge in [0.1, 0.15) is 0 Å². The molecule has 1 aromatic carbocycles. The molecular weight excluding hydrogens is 326 g/mol. The fourth-order valence-corrected chi connectivity index (χ4v) is 3.89. The van der Waals surface area contributed by atoms with Crippen molar-refractivity contribution in [1.29, 1.82) is 0 Å². The van der Waals surface area contributed by atoms with E-state index in [-0.39, 0.29) is 11.6 Å². The van der Waals surface area contributed by atoms with E-state index in [4.69, 9.17) is 5.84 Å². The van der Waals surface area contributed by atoms with Crippen molar-refractivity contribution in [2.45, 2.75) is 50.6 Å². The molecule has 0 bridgehead atoms. The number of hydrazine groups is 1. The molecule has 1 saturated carbocycles. The summed E-state index contributed by atoms with van der Waals surface area (Å²) in [4.78, 5) is 2.39. The van der Waals surface area contributed by atoms with Gasteiger partial charge in [-0.05, 0) is 69.8 Å². The van der Waals surface area contributed by atoms with Crippen LogP contribution in [0.15, 0.2) is 28.7 Å². The van der Waals surface area contributed by atoms with Gasteiger partial charge in [-0.25, -0.2) is 0 Å². The Morgan fingerprint density at radius 1 is 1.29 bits per heavy atom. The Kier molecular flexibility index (Phi) is 5.83. The molecule has 3 nitrogen and oxygen atoms in total. The zero-order valence-corrected chi connectivity index (χ0v) is 15.0. The highest BCUT2D eigenvalue weighted by Crippen LogP contribution is 2.38. The van der Waals surface area contributed by atoms with Gasteiger partial charge in [-0.15, -0.1) is 0 Å². The highest BCUT2D eigenvalue weighted by atomic mass is 79.9. The third-order valence-corrected chi connectivity index (χ3v) is 5.76. The Hall–Kier alpha value is -0.420. The molecule has 0 saturated heterocycles. The zero-order valence-electron chi connectivity index (χ0n) is 13.4. The van der Waals surface area contributed by atoms with Crippen LogP contribution in [-0.2, 0) is 6.42 Å². The summed E-state index contributed by atoms with van der Waals surface area (Å²) in [6, 6.07) is 8.86. The Labute approximate surface area is 137 Å². The Morgan fingerprint density at radius 3 is 2.33 bits per heavy atom. The molecule has 0 spiro atoms. The van der Waals surface area contributed by atoms with Crippen LogP contribution in [0.3, 0.4) is 0 Å². The van der Waals surface area contributed by atoms with E-state index in [1.54, 1.807) is 0 Å². The van der Waals surface area contributed by atoms with Crippen molar-refractivity contribution < 1.29 is 0 Å². The molecule has 1 aliphatic carbocycles. The molecule has 0 heterocycles. The van der Waals surface area contributed by atoms with E-state index in [1.165, 1.54) is 31.2 Å². The molecule has 1 fully saturated rings. The quantitative estimate of drug-likeness (QED) is 0.630. The summed E-state index contributed by atoms with van der Waals surface area (Å²) in [5.41, 5.74) is 4.61. The van der Waals surface area contributed by atoms with E-state index in [2.05, 4.69) is 71.5 Å². The lowest BCUT2D eigenvalue weighted by molar-refractivity contribution is 0.0434. The van der Waals surface area contributed by atoms with E-state index < -0.39 is 0 Å². The molecule has 21 heavy (non-hydrogen) atoms. The highest BCUT2D eigenvalue weighted by molar-refractivity contribution is 9.10. The SMILES string of the molecule is CC1CCC(C(Cc2ccc(Br)cc2)NN)(N(C)C)CC1. The second-order valence-electron chi connectivity index (χ2n) is 6.73. The van der Waals surface area contributed by atoms with Crippen LogP contribution in [0.5, 0.6) is 0 Å². The number of rotatable bonds is 5. The molecule has 118 valence electrons. The molecule has 0 radical (unpaired) electrons. The predicted octanol–water partition coefficient (Wildman–Crippen LogP) is 3.33. The van der Waals surface area contributed by atoms with Crippen LogP contribution in [-0.4, -0.2) is 30.6 Å². The number of benzene rings is 1. The maximum absolute atomic E-state index is 5.95. The van der Waals surface area contributed by atoms with Crippen molar-refractivity contribution in [2.75, 3.05) is 14.1 Å². The van der Waals surface area contributed by atoms with E-state index in [0.29, 0.717) is 0 Å². The van der Waals surface area contributed by atoms with Crippen molar-refractivity contribution in [3.63, 3.8) is 0 Å². The molecule has 0 amide bonds. The molecule has 4 heteroatoms. The van der Waals surface area contributed by atoms with Crippen molar-refractivity contribution in [3.8, 4) is 0 Å². The lowest BCUT2D eigenvalue weighted by Crippen LogP contribution is -2.62. The fourth-order valence-electron chi connectivity index (χ4n) is 3.63. The molecule has 0 aromatic heterocycles. The third-order valence-electron chi connectivity index (χ3n) is 5.23. The van der Waals surface area contributed by atoms with Crippen LogP contribution in [0.25, 0.3) is 0 Å². The van der Waals surface area contributed by atoms with Crippen molar-refractivity contribution in [3.05, 3.63) is 34.3 Å². The van der Waals surface area contributed by atoms with E-state index in [0.717, 1.165) is 16.8 Å². The second kappa shape index (κ2) is 7.23. The number of hydrogen-bond acceptors (Lipinski definition) is 3. The number of hydrogen-bond donors (Lipinski definition) is 2. The first-order chi connectivity index (χ1) is 9.98. The van der Waals surface area contributed by atoms with Crippen molar-refractivity contribution >= 4 is 15.9 Å². The van der Waals surface area contributed by atoms with Crippen LogP contribution in [0, 0.1) is 5.92 Å². The number of nitrogens with one attached hydrogen (secondary N) is 1. The van der Waals surface area contributed by atoms with E-state index in [1.807, 2.05) is 0 Å². The summed E-state index contributed by atoms with van der Waals surface area (Å²) < 4.78 is 1.12. The maximum Gasteiger partial charge on any atom is 0.0434 e. The second-order valence-corrected chi connectivity index (χ2v) is 7.65. The average molecular weight is 354 g/mol. The first-order valence-corrected chi connectivity index (χ1v) is 8.65. The smallest absolute Gasteiger partial charge is 0.0434 e. The Bertz CT molecular complexity index is 436. The maximum atomic E-state index is 5.95. The Morgan fingerprint density at radius 2 is 1.86 bits per heavy atom. The average Bonchev–Trinajstić information content (AvgIpc) is 2.48. The van der Waals surface area contributed by atoms with Gasteiger partial charge in [-0.2, -0.15) is 0 Å². The van der Waals surface area contributed by atoms with Crippen molar-refractivity contribution in [1.82, 2.24) is 10.3 Å². The van der Waals surface area contributed by atoms with Crippen LogP contribution < -0.4 is 11.3 Å². The molecule has 0 aliphatic heterocycles. The van der Waals surface area contributed by atoms with Gasteiger partial charge in [0.2, 0.25) is 0 Å². The minimum Gasteiger partial charge on any atom is -0.302 e. The lowest BCUT2D eigenvalue weighted by atomic mass is 9.71. The number of halogens is 1. The first kappa shape index (κ1) is 16.9. The lowest BCUT2D eigenvalue weighted by Gasteiger charge is -2.49. The summed E-state index contributed by atoms with van der Waals surface area (Å²) in [6.45, 7) is 2.36. The summed E-state index contributed by atoms with van der Waals surface area (Å²) in [5.74, 6) is 6.79. The molecule has 1 unspecified atom stereocenters. The standard InChI is InChI=1S/C17H28BrN3/c1-13-8-10-17(11-9-13,21(2)3)16(20-19)12-14-4-6-15(18)7-5-14/h4-7,13,16,20H,8-12,19H2,1-3H3. The van der Waals surface area contributed by atoms with Gasteiger partial charge >= 0.3 is 0 Å². The summed E-state index contributed by atoms with van der Waals surface area (Å²) in [5, 5.41) is 0. The number of nitrogens with two attached hydrogens (primary N) is 1. The number of nitrogens with zero attached hydrogens (tertiary/aromatic N) is 1. The molecule has 1 aromatic rings.